The summed E-state index contributed by atoms with van der Waals surface area (Å²) < 4.78 is 0. The fourth-order valence-electron chi connectivity index (χ4n) is 3.18. The Morgan fingerprint density at radius 3 is 2.24 bits per heavy atom. The highest BCUT2D eigenvalue weighted by molar-refractivity contribution is 6.30. The number of hydrogen-bond donors (Lipinski definition) is 5. The summed E-state index contributed by atoms with van der Waals surface area (Å²) in [5, 5.41) is 11.6. The van der Waals surface area contributed by atoms with Crippen molar-refractivity contribution in [3.8, 4) is 0 Å². The highest BCUT2D eigenvalue weighted by Crippen LogP contribution is 2.13. The van der Waals surface area contributed by atoms with Gasteiger partial charge in [-0.25, -0.2) is 4.99 Å². The largest absolute Gasteiger partial charge is 0.387 e. The van der Waals surface area contributed by atoms with Gasteiger partial charge in [0.15, 0.2) is 0 Å². The molecule has 8 N–H and O–H groups in total. The molecular weight excluding hydrogens is 448 g/mol. The zero-order chi connectivity index (χ0) is 24.8. The van der Waals surface area contributed by atoms with Gasteiger partial charge in [-0.3, -0.25) is 10.4 Å². The van der Waals surface area contributed by atoms with Crippen LogP contribution in [0.1, 0.15) is 49.7 Å². The van der Waals surface area contributed by atoms with Crippen molar-refractivity contribution < 1.29 is 0 Å². The molecule has 0 bridgehead atoms. The molecule has 0 heterocycles. The monoisotopic (exact) mass is 482 g/mol. The van der Waals surface area contributed by atoms with Crippen LogP contribution in [-0.4, -0.2) is 30.1 Å². The lowest BCUT2D eigenvalue weighted by Crippen LogP contribution is -2.26. The Kier molecular flexibility index (Phi) is 11.6. The number of halogens is 1. The molecule has 2 aromatic rings. The summed E-state index contributed by atoms with van der Waals surface area (Å²) in [4.78, 5) is 12.5. The molecular formula is C25H35ClN8. The summed E-state index contributed by atoms with van der Waals surface area (Å²) in [6.45, 7) is 2.65. The van der Waals surface area contributed by atoms with Crippen molar-refractivity contribution in [3.05, 3.63) is 64.7 Å². The zero-order valence-electron chi connectivity index (χ0n) is 19.7. The van der Waals surface area contributed by atoms with Crippen molar-refractivity contribution in [3.63, 3.8) is 0 Å². The summed E-state index contributed by atoms with van der Waals surface area (Å²) in [6, 6.07) is 15.3. The molecule has 0 saturated carbocycles. The number of unbranched alkanes of at least 4 members (excludes halogenated alkanes) is 4. The van der Waals surface area contributed by atoms with Crippen LogP contribution in [0.3, 0.4) is 0 Å². The van der Waals surface area contributed by atoms with Gasteiger partial charge in [-0.2, -0.15) is 4.99 Å². The molecule has 0 aliphatic rings. The molecule has 0 amide bonds. The smallest absolute Gasteiger partial charge is 0.218 e. The van der Waals surface area contributed by atoms with E-state index in [2.05, 4.69) is 32.4 Å². The van der Waals surface area contributed by atoms with Gasteiger partial charge >= 0.3 is 0 Å². The van der Waals surface area contributed by atoms with Crippen LogP contribution in [0, 0.1) is 12.3 Å². The first-order valence-corrected chi connectivity index (χ1v) is 11.8. The number of hydrogen-bond acceptors (Lipinski definition) is 2. The second kappa shape index (κ2) is 14.7. The Hall–Kier alpha value is -3.39. The number of guanidine groups is 2. The number of benzene rings is 2. The third kappa shape index (κ3) is 11.5. The van der Waals surface area contributed by atoms with Gasteiger partial charge in [-0.15, -0.1) is 0 Å². The van der Waals surface area contributed by atoms with Crippen LogP contribution in [0.15, 0.2) is 63.5 Å². The zero-order valence-corrected chi connectivity index (χ0v) is 20.5. The number of nitrogens with two attached hydrogens (primary N) is 3. The fraction of sp³-hybridized carbons (Fsp3) is 0.360. The van der Waals surface area contributed by atoms with E-state index in [1.54, 1.807) is 24.3 Å². The number of nitrogens with zero attached hydrogens (tertiary/aromatic N) is 3. The lowest BCUT2D eigenvalue weighted by molar-refractivity contribution is 0.626. The predicted octanol–water partition coefficient (Wildman–Crippen LogP) is 4.61. The van der Waals surface area contributed by atoms with E-state index in [0.717, 1.165) is 43.4 Å². The molecule has 34 heavy (non-hydrogen) atoms. The minimum absolute atomic E-state index is 0.147. The SMILES string of the molecule is Cc1ccc(CC(N)=NC(=N)CCCCCCCN=C(N)N=C(N)Nc2ccc(Cl)cc2)cc1. The van der Waals surface area contributed by atoms with Crippen LogP contribution in [0.25, 0.3) is 0 Å². The van der Waals surface area contributed by atoms with E-state index in [9.17, 15) is 0 Å². The van der Waals surface area contributed by atoms with Crippen molar-refractivity contribution in [2.75, 3.05) is 11.9 Å². The van der Waals surface area contributed by atoms with E-state index in [0.29, 0.717) is 36.1 Å². The topological polar surface area (TPSA) is 151 Å². The highest BCUT2D eigenvalue weighted by Gasteiger charge is 2.01. The molecule has 0 spiro atoms. The normalized spacial score (nSPS) is 12.6. The second-order valence-electron chi connectivity index (χ2n) is 8.10. The molecule has 182 valence electrons. The van der Waals surface area contributed by atoms with Crippen molar-refractivity contribution in [2.24, 2.45) is 32.2 Å². The molecule has 0 unspecified atom stereocenters. The van der Waals surface area contributed by atoms with E-state index < -0.39 is 0 Å². The third-order valence-electron chi connectivity index (χ3n) is 4.98. The quantitative estimate of drug-likeness (QED) is 0.180. The highest BCUT2D eigenvalue weighted by atomic mass is 35.5. The van der Waals surface area contributed by atoms with Crippen molar-refractivity contribution >= 4 is 40.9 Å². The summed E-state index contributed by atoms with van der Waals surface area (Å²) in [6.07, 6.45) is 6.17. The molecule has 0 saturated heterocycles. The summed E-state index contributed by atoms with van der Waals surface area (Å²) in [7, 11) is 0. The number of aliphatic imine (C=N–C) groups is 3. The van der Waals surface area contributed by atoms with Gasteiger partial charge in [0.25, 0.3) is 0 Å². The third-order valence-corrected chi connectivity index (χ3v) is 5.23. The Morgan fingerprint density at radius 1 is 0.882 bits per heavy atom. The number of nitrogens with one attached hydrogen (secondary N) is 2. The lowest BCUT2D eigenvalue weighted by atomic mass is 10.1. The van der Waals surface area contributed by atoms with E-state index in [4.69, 9.17) is 34.2 Å². The molecule has 0 aliphatic heterocycles. The standard InChI is InChI=1S/C25H35ClN8/c1-18-8-10-19(11-9-18)17-23(28)33-22(27)7-5-3-2-4-6-16-31-24(29)34-25(30)32-21-14-12-20(26)13-15-21/h8-15H,2-7,16-17H2,1H3,(H3,27,28,33)(H5,29,30,31,32,34). The van der Waals surface area contributed by atoms with Gasteiger partial charge in [0.05, 0.1) is 0 Å². The summed E-state index contributed by atoms with van der Waals surface area (Å²) in [5.74, 6) is 1.14. The number of anilines is 1. The van der Waals surface area contributed by atoms with E-state index in [1.165, 1.54) is 5.56 Å². The van der Waals surface area contributed by atoms with Gasteiger partial charge in [0.2, 0.25) is 11.9 Å². The first kappa shape index (κ1) is 26.9. The molecule has 2 aromatic carbocycles. The number of amidine groups is 2. The minimum Gasteiger partial charge on any atom is -0.387 e. The van der Waals surface area contributed by atoms with Crippen molar-refractivity contribution in [2.45, 2.75) is 51.9 Å². The maximum Gasteiger partial charge on any atom is 0.218 e. The molecule has 0 atom stereocenters. The van der Waals surface area contributed by atoms with Gasteiger partial charge < -0.3 is 22.5 Å². The lowest BCUT2D eigenvalue weighted by Gasteiger charge is -2.05. The summed E-state index contributed by atoms with van der Waals surface area (Å²) >= 11 is 5.86. The van der Waals surface area contributed by atoms with E-state index in [1.807, 2.05) is 19.1 Å². The Bertz CT molecular complexity index is 995. The van der Waals surface area contributed by atoms with Crippen LogP contribution in [0.2, 0.25) is 5.02 Å². The van der Waals surface area contributed by atoms with Crippen LogP contribution < -0.4 is 22.5 Å². The van der Waals surface area contributed by atoms with Crippen LogP contribution >= 0.6 is 11.6 Å². The van der Waals surface area contributed by atoms with Gasteiger partial charge in [0.1, 0.15) is 11.7 Å². The predicted molar refractivity (Wildman–Crippen MR) is 145 cm³/mol. The van der Waals surface area contributed by atoms with Gasteiger partial charge in [0, 0.05) is 30.1 Å². The first-order valence-electron chi connectivity index (χ1n) is 11.4. The average molecular weight is 483 g/mol. The minimum atomic E-state index is 0.147. The number of aryl methyl sites for hydroxylation is 1. The van der Waals surface area contributed by atoms with Gasteiger partial charge in [-0.1, -0.05) is 60.7 Å². The van der Waals surface area contributed by atoms with Gasteiger partial charge in [-0.05, 0) is 49.6 Å². The molecule has 0 fully saturated rings. The van der Waals surface area contributed by atoms with Crippen LogP contribution in [0.4, 0.5) is 5.69 Å². The first-order chi connectivity index (χ1) is 16.3. The molecule has 0 aromatic heterocycles. The maximum atomic E-state index is 8.02. The molecule has 0 aliphatic carbocycles. The molecule has 8 nitrogen and oxygen atoms in total. The average Bonchev–Trinajstić information content (AvgIpc) is 2.78. The van der Waals surface area contributed by atoms with E-state index in [-0.39, 0.29) is 11.9 Å². The fourth-order valence-corrected chi connectivity index (χ4v) is 3.31. The van der Waals surface area contributed by atoms with Crippen LogP contribution in [-0.2, 0) is 6.42 Å². The van der Waals surface area contributed by atoms with Crippen molar-refractivity contribution in [1.82, 2.24) is 0 Å². The second-order valence-corrected chi connectivity index (χ2v) is 8.54. The molecule has 9 heteroatoms. The Labute approximate surface area is 206 Å². The summed E-state index contributed by atoms with van der Waals surface area (Å²) in [5.41, 5.74) is 20.7. The van der Waals surface area contributed by atoms with Crippen LogP contribution in [0.5, 0.6) is 0 Å². The van der Waals surface area contributed by atoms with Crippen molar-refractivity contribution in [1.29, 1.82) is 5.41 Å². The maximum absolute atomic E-state index is 8.02. The molecule has 2 rings (SSSR count). The Balaban J connectivity index is 1.56. The number of rotatable bonds is 11. The molecule has 0 radical (unpaired) electrons. The Morgan fingerprint density at radius 2 is 1.53 bits per heavy atom. The van der Waals surface area contributed by atoms with E-state index >= 15 is 0 Å².